The molecule has 372 valence electrons. The van der Waals surface area contributed by atoms with Crippen LogP contribution in [0.25, 0.3) is 17.2 Å². The highest BCUT2D eigenvalue weighted by molar-refractivity contribution is 7.86. The van der Waals surface area contributed by atoms with E-state index < -0.39 is 89.2 Å². The van der Waals surface area contributed by atoms with E-state index in [1.807, 2.05) is 0 Å². The van der Waals surface area contributed by atoms with Gasteiger partial charge in [-0.2, -0.15) is 29.8 Å². The first-order chi connectivity index (χ1) is 32.6. The summed E-state index contributed by atoms with van der Waals surface area (Å²) in [5.41, 5.74) is 0.487. The fourth-order valence-electron chi connectivity index (χ4n) is 7.93. The number of hydrogen-bond acceptors (Lipinski definition) is 15. The van der Waals surface area contributed by atoms with E-state index in [1.165, 1.54) is 0 Å². The molecule has 3 heterocycles. The van der Waals surface area contributed by atoms with Crippen LogP contribution >= 0.6 is 0 Å². The Morgan fingerprint density at radius 1 is 0.754 bits per heavy atom. The molecule has 6 rings (SSSR count). The molecule has 0 saturated carbocycles. The maximum Gasteiger partial charge on any atom is 0.374 e. The first-order valence-corrected chi connectivity index (χ1v) is 26.7. The molecule has 4 amide bonds. The standard InChI is InChI=1S/C44H51N5O17S3/c50-37-17-18-38(51)49(37)66-41(52)14-2-1-7-21-45-42(53)44(43(54)46-22-27-69(61,62)63)29-31(15-19-39-47(23-8-25-67(55,56)57)33-10-3-5-12-35(33)64-39)28-32(30-44)16-20-40-48(24-9-26-68(58,59)60)34-11-4-6-13-36(34)65-40/h3-6,10-13,15-16,19-20,28H,1-2,7-9,14,17-18,21-27,29-30H2,(H4-,45,46,53,54,55,56,57,58,59,60,61,62,63)/p+1. The number of oxazole rings is 1. The Hall–Kier alpha value is -6.25. The lowest BCUT2D eigenvalue weighted by Crippen LogP contribution is -2.53. The first kappa shape index (κ1) is 52.1. The van der Waals surface area contributed by atoms with Gasteiger partial charge in [0.1, 0.15) is 5.41 Å². The SMILES string of the molecule is O=C(CCCCCNC(=O)C1(C(=O)NCCS(=O)(=O)O)CC(/C=C/c2oc3ccccc3[n+]2CCCS(=O)(=O)O)=CC(=C/C=C2\Oc3ccccc3N2CCCS(=O)(=O)O)/C1)ON1C(=O)CCC1=O. The average molecular weight is 1020 g/mol. The van der Waals surface area contributed by atoms with E-state index >= 15 is 0 Å². The molecule has 22 nitrogen and oxygen atoms in total. The van der Waals surface area contributed by atoms with Gasteiger partial charge >= 0.3 is 11.9 Å². The largest absolute Gasteiger partial charge is 0.439 e. The Morgan fingerprint density at radius 2 is 1.41 bits per heavy atom. The van der Waals surface area contributed by atoms with Crippen LogP contribution in [0.3, 0.4) is 0 Å². The Labute approximate surface area is 397 Å². The molecule has 1 aromatic heterocycles. The van der Waals surface area contributed by atoms with Crippen molar-refractivity contribution in [1.82, 2.24) is 15.7 Å². The van der Waals surface area contributed by atoms with Crippen LogP contribution in [-0.4, -0.2) is 110 Å². The van der Waals surface area contributed by atoms with E-state index in [9.17, 15) is 62.9 Å². The molecule has 3 aliphatic rings. The van der Waals surface area contributed by atoms with Gasteiger partial charge in [0.2, 0.25) is 23.3 Å². The molecule has 1 unspecified atom stereocenters. The Balaban J connectivity index is 1.31. The number of allylic oxidation sites excluding steroid dienone is 6. The van der Waals surface area contributed by atoms with E-state index in [2.05, 4.69) is 10.6 Å². The van der Waals surface area contributed by atoms with Gasteiger partial charge in [0, 0.05) is 51.4 Å². The van der Waals surface area contributed by atoms with E-state index in [0.717, 1.165) is 0 Å². The summed E-state index contributed by atoms with van der Waals surface area (Å²) in [4.78, 5) is 71.5. The molecule has 3 aromatic rings. The average Bonchev–Trinajstić information content (AvgIpc) is 3.93. The third-order valence-corrected chi connectivity index (χ3v) is 13.5. The van der Waals surface area contributed by atoms with Crippen molar-refractivity contribution in [2.75, 3.05) is 41.8 Å². The molecule has 1 fully saturated rings. The number of aromatic nitrogens is 1. The summed E-state index contributed by atoms with van der Waals surface area (Å²) in [6, 6.07) is 13.9. The molecule has 0 spiro atoms. The van der Waals surface area contributed by atoms with Gasteiger partial charge in [-0.25, -0.2) is 4.79 Å². The molecule has 25 heteroatoms. The van der Waals surface area contributed by atoms with Gasteiger partial charge in [-0.05, 0) is 73.6 Å². The summed E-state index contributed by atoms with van der Waals surface area (Å²) in [7, 11) is -13.1. The highest BCUT2D eigenvalue weighted by Crippen LogP contribution is 2.42. The zero-order valence-corrected chi connectivity index (χ0v) is 39.6. The lowest BCUT2D eigenvalue weighted by atomic mass is 9.70. The van der Waals surface area contributed by atoms with Gasteiger partial charge in [0.25, 0.3) is 47.7 Å². The number of anilines is 1. The molecule has 2 aromatic carbocycles. The van der Waals surface area contributed by atoms with Gasteiger partial charge in [0.05, 0.1) is 29.0 Å². The second-order valence-electron chi connectivity index (χ2n) is 16.4. The molecule has 1 aliphatic carbocycles. The normalized spacial score (nSPS) is 18.8. The summed E-state index contributed by atoms with van der Waals surface area (Å²) in [6.07, 6.45) is 8.27. The number of amides is 4. The second-order valence-corrected chi connectivity index (χ2v) is 21.2. The summed E-state index contributed by atoms with van der Waals surface area (Å²) < 4.78 is 112. The van der Waals surface area contributed by atoms with Crippen molar-refractivity contribution in [3.05, 3.63) is 95.8 Å². The predicted octanol–water partition coefficient (Wildman–Crippen LogP) is 2.95. The van der Waals surface area contributed by atoms with Crippen LogP contribution in [0.4, 0.5) is 5.69 Å². The fourth-order valence-corrected chi connectivity index (χ4v) is 9.28. The third-order valence-electron chi connectivity index (χ3n) is 11.2. The highest BCUT2D eigenvalue weighted by Gasteiger charge is 2.48. The van der Waals surface area contributed by atoms with Gasteiger partial charge < -0.3 is 29.5 Å². The zero-order valence-electron chi connectivity index (χ0n) is 37.1. The Bertz CT molecular complexity index is 2930. The van der Waals surface area contributed by atoms with Crippen LogP contribution in [0.15, 0.2) is 94.3 Å². The number of ether oxygens (including phenoxy) is 1. The van der Waals surface area contributed by atoms with Crippen molar-refractivity contribution in [2.24, 2.45) is 5.41 Å². The zero-order chi connectivity index (χ0) is 50.0. The van der Waals surface area contributed by atoms with Crippen LogP contribution < -0.4 is 24.8 Å². The number of fused-ring (bicyclic) bond motifs is 2. The summed E-state index contributed by atoms with van der Waals surface area (Å²) in [5, 5.41) is 5.74. The minimum atomic E-state index is -4.54. The molecule has 1 atom stereocenters. The third kappa shape index (κ3) is 14.6. The van der Waals surface area contributed by atoms with Crippen molar-refractivity contribution in [3.8, 4) is 5.75 Å². The maximum atomic E-state index is 14.5. The van der Waals surface area contributed by atoms with E-state index in [-0.39, 0.29) is 82.8 Å². The van der Waals surface area contributed by atoms with Crippen molar-refractivity contribution in [1.29, 1.82) is 0 Å². The number of aryl methyl sites for hydroxylation is 1. The molecule has 0 bridgehead atoms. The first-order valence-electron chi connectivity index (χ1n) is 21.8. The fraction of sp³-hybridized carbons (Fsp3) is 0.409. The number of rotatable bonds is 23. The number of nitrogens with zero attached hydrogens (tertiary/aromatic N) is 3. The number of nitrogens with one attached hydrogen (secondary N) is 2. The van der Waals surface area contributed by atoms with Gasteiger partial charge in [0.15, 0.2) is 12.3 Å². The number of imide groups is 1. The number of benzene rings is 2. The minimum absolute atomic E-state index is 0.0160. The lowest BCUT2D eigenvalue weighted by Gasteiger charge is -2.35. The quantitative estimate of drug-likeness (QED) is 0.0300. The second kappa shape index (κ2) is 22.5. The van der Waals surface area contributed by atoms with E-state index in [0.29, 0.717) is 51.6 Å². The number of hydroxylamine groups is 2. The van der Waals surface area contributed by atoms with Crippen molar-refractivity contribution in [3.63, 3.8) is 0 Å². The molecule has 1 saturated heterocycles. The molecular weight excluding hydrogens is 967 g/mol. The van der Waals surface area contributed by atoms with Crippen molar-refractivity contribution >= 4 is 82.8 Å². The number of carbonyl (C=O) groups excluding carboxylic acids is 5. The molecule has 0 radical (unpaired) electrons. The molecule has 69 heavy (non-hydrogen) atoms. The summed E-state index contributed by atoms with van der Waals surface area (Å²) in [6.45, 7) is -0.317. The number of unbranched alkanes of at least 4 members (excludes halogenated alkanes) is 2. The van der Waals surface area contributed by atoms with Gasteiger partial charge in [-0.1, -0.05) is 42.8 Å². The Morgan fingerprint density at radius 3 is 2.12 bits per heavy atom. The van der Waals surface area contributed by atoms with Crippen LogP contribution in [0.5, 0.6) is 5.75 Å². The van der Waals surface area contributed by atoms with Crippen LogP contribution in [0.1, 0.15) is 70.1 Å². The summed E-state index contributed by atoms with van der Waals surface area (Å²) >= 11 is 0. The summed E-state index contributed by atoms with van der Waals surface area (Å²) in [5.74, 6) is -4.60. The lowest BCUT2D eigenvalue weighted by molar-refractivity contribution is -0.677. The van der Waals surface area contributed by atoms with Crippen LogP contribution in [0.2, 0.25) is 0 Å². The van der Waals surface area contributed by atoms with E-state index in [1.54, 1.807) is 88.4 Å². The minimum Gasteiger partial charge on any atom is -0.439 e. The number of carbonyl (C=O) groups is 5. The van der Waals surface area contributed by atoms with Gasteiger partial charge in [-0.3, -0.25) is 32.8 Å². The van der Waals surface area contributed by atoms with Crippen molar-refractivity contribution in [2.45, 2.75) is 70.8 Å². The Kier molecular flexibility index (Phi) is 17.0. The molecule has 2 aliphatic heterocycles. The highest BCUT2D eigenvalue weighted by atomic mass is 32.2. The van der Waals surface area contributed by atoms with Gasteiger partial charge in [-0.15, -0.1) is 5.06 Å². The van der Waals surface area contributed by atoms with Crippen LogP contribution in [-0.2, 0) is 65.7 Å². The maximum absolute atomic E-state index is 14.5. The van der Waals surface area contributed by atoms with E-state index in [4.69, 9.17) is 14.0 Å². The molecule has 5 N–H and O–H groups in total. The topological polar surface area (TPSA) is 314 Å². The predicted molar refractivity (Wildman–Crippen MR) is 246 cm³/mol. The number of para-hydroxylation sites is 4. The monoisotopic (exact) mass is 1020 g/mol. The van der Waals surface area contributed by atoms with Crippen LogP contribution in [0, 0.1) is 5.41 Å². The smallest absolute Gasteiger partial charge is 0.374 e. The van der Waals surface area contributed by atoms with Crippen molar-refractivity contribution < 1.29 is 81.4 Å². The molecular formula is C44H52N5O17S3+. The number of hydrogen-bond donors (Lipinski definition) is 5.